The van der Waals surface area contributed by atoms with Crippen molar-refractivity contribution >= 4 is 43.2 Å². The number of aryl methyl sites for hydroxylation is 1. The highest BCUT2D eigenvalue weighted by Crippen LogP contribution is 2.27. The summed E-state index contributed by atoms with van der Waals surface area (Å²) in [6, 6.07) is 3.54. The quantitative estimate of drug-likeness (QED) is 0.793. The third-order valence-corrected chi connectivity index (χ3v) is 5.51. The third kappa shape index (κ3) is 3.31. The number of hydrogen-bond donors (Lipinski definition) is 2. The van der Waals surface area contributed by atoms with Crippen molar-refractivity contribution in [1.82, 2.24) is 4.31 Å². The number of sulfonamides is 1. The minimum absolute atomic E-state index is 0.110. The molecule has 1 aromatic carbocycles. The first-order valence-corrected chi connectivity index (χ1v) is 8.53. The second-order valence-electron chi connectivity index (χ2n) is 4.74. The van der Waals surface area contributed by atoms with Gasteiger partial charge in [-0.2, -0.15) is 4.31 Å². The number of nitrogen functional groups attached to an aromatic ring is 1. The van der Waals surface area contributed by atoms with Crippen molar-refractivity contribution in [3.05, 3.63) is 22.2 Å². The molecule has 0 spiro atoms. The van der Waals surface area contributed by atoms with Crippen LogP contribution in [0.15, 0.2) is 16.6 Å². The first-order valence-electron chi connectivity index (χ1n) is 6.13. The first-order chi connectivity index (χ1) is 9.29. The lowest BCUT2D eigenvalue weighted by Crippen LogP contribution is -2.34. The molecule has 1 saturated heterocycles. The predicted molar refractivity (Wildman–Crippen MR) is 81.9 cm³/mol. The molecule has 1 aliphatic heterocycles. The van der Waals surface area contributed by atoms with Gasteiger partial charge in [0.05, 0.1) is 23.7 Å². The summed E-state index contributed by atoms with van der Waals surface area (Å²) < 4.78 is 25.3. The molecule has 0 radical (unpaired) electrons. The topological polar surface area (TPSA) is 92.5 Å². The number of carbonyl (C=O) groups is 1. The van der Waals surface area contributed by atoms with Gasteiger partial charge in [-0.3, -0.25) is 4.79 Å². The number of hydrogen-bond acceptors (Lipinski definition) is 4. The maximum atomic E-state index is 11.9. The number of nitrogens with one attached hydrogen (secondary N) is 1. The average molecular weight is 362 g/mol. The Kier molecular flexibility index (Phi) is 4.36. The van der Waals surface area contributed by atoms with Crippen molar-refractivity contribution in [2.75, 3.05) is 29.9 Å². The van der Waals surface area contributed by atoms with E-state index in [2.05, 4.69) is 21.2 Å². The molecule has 110 valence electrons. The fourth-order valence-electron chi connectivity index (χ4n) is 2.08. The van der Waals surface area contributed by atoms with Gasteiger partial charge in [0, 0.05) is 11.0 Å². The van der Waals surface area contributed by atoms with Gasteiger partial charge in [0.15, 0.2) is 0 Å². The van der Waals surface area contributed by atoms with E-state index >= 15 is 0 Å². The lowest BCUT2D eigenvalue weighted by atomic mass is 10.1. The summed E-state index contributed by atoms with van der Waals surface area (Å²) in [5.41, 5.74) is 7.69. The summed E-state index contributed by atoms with van der Waals surface area (Å²) in [6.07, 6.45) is 0.563. The zero-order valence-electron chi connectivity index (χ0n) is 11.0. The fourth-order valence-corrected chi connectivity index (χ4v) is 4.12. The predicted octanol–water partition coefficient (Wildman–Crippen LogP) is 1.31. The van der Waals surface area contributed by atoms with Crippen molar-refractivity contribution < 1.29 is 13.2 Å². The number of nitrogens with zero attached hydrogens (tertiary/aromatic N) is 1. The number of anilines is 2. The maximum Gasteiger partial charge on any atom is 0.239 e. The lowest BCUT2D eigenvalue weighted by Gasteiger charge is -2.15. The maximum absolute atomic E-state index is 11.9. The Morgan fingerprint density at radius 3 is 2.80 bits per heavy atom. The summed E-state index contributed by atoms with van der Waals surface area (Å²) in [5.74, 6) is -0.280. The molecule has 0 saturated carbocycles. The zero-order chi connectivity index (χ0) is 14.9. The summed E-state index contributed by atoms with van der Waals surface area (Å²) in [5, 5.41) is 2.66. The Bertz CT molecular complexity index is 646. The molecular formula is C12H16BrN3O3S. The summed E-state index contributed by atoms with van der Waals surface area (Å²) >= 11 is 3.33. The highest BCUT2D eigenvalue weighted by molar-refractivity contribution is 9.10. The SMILES string of the molecule is Cc1cc(Br)cc(NC(=O)CN2CCCS2(=O)=O)c1N. The van der Waals surface area contributed by atoms with E-state index < -0.39 is 10.0 Å². The minimum atomic E-state index is -3.27. The molecule has 1 heterocycles. The van der Waals surface area contributed by atoms with Gasteiger partial charge in [-0.25, -0.2) is 8.42 Å². The second kappa shape index (κ2) is 5.71. The van der Waals surface area contributed by atoms with E-state index in [9.17, 15) is 13.2 Å². The van der Waals surface area contributed by atoms with Crippen molar-refractivity contribution in [3.63, 3.8) is 0 Å². The Balaban J connectivity index is 2.09. The molecule has 3 N–H and O–H groups in total. The van der Waals surface area contributed by atoms with Gasteiger partial charge in [-0.05, 0) is 31.0 Å². The molecule has 2 rings (SSSR count). The van der Waals surface area contributed by atoms with E-state index in [1.807, 2.05) is 13.0 Å². The number of nitrogens with two attached hydrogens (primary N) is 1. The van der Waals surface area contributed by atoms with Gasteiger partial charge in [0.25, 0.3) is 0 Å². The van der Waals surface area contributed by atoms with Gasteiger partial charge in [0.1, 0.15) is 0 Å². The van der Waals surface area contributed by atoms with Crippen LogP contribution >= 0.6 is 15.9 Å². The summed E-state index contributed by atoms with van der Waals surface area (Å²) in [6.45, 7) is 2.05. The van der Waals surface area contributed by atoms with Gasteiger partial charge < -0.3 is 11.1 Å². The van der Waals surface area contributed by atoms with Gasteiger partial charge in [-0.1, -0.05) is 15.9 Å². The van der Waals surface area contributed by atoms with Crippen LogP contribution in [0.4, 0.5) is 11.4 Å². The Morgan fingerprint density at radius 1 is 1.50 bits per heavy atom. The molecule has 8 heteroatoms. The Hall–Kier alpha value is -1.12. The van der Waals surface area contributed by atoms with E-state index in [-0.39, 0.29) is 18.2 Å². The number of halogens is 1. The number of benzene rings is 1. The van der Waals surface area contributed by atoms with Crippen LogP contribution in [0.1, 0.15) is 12.0 Å². The molecule has 0 aromatic heterocycles. The molecule has 0 atom stereocenters. The van der Waals surface area contributed by atoms with E-state index in [1.54, 1.807) is 6.07 Å². The van der Waals surface area contributed by atoms with Crippen LogP contribution in [0.25, 0.3) is 0 Å². The van der Waals surface area contributed by atoms with Crippen LogP contribution in [0, 0.1) is 6.92 Å². The van der Waals surface area contributed by atoms with Crippen molar-refractivity contribution in [1.29, 1.82) is 0 Å². The van der Waals surface area contributed by atoms with Crippen LogP contribution in [0.5, 0.6) is 0 Å². The number of rotatable bonds is 3. The van der Waals surface area contributed by atoms with E-state index in [0.29, 0.717) is 24.3 Å². The first kappa shape index (κ1) is 15.3. The third-order valence-electron chi connectivity index (χ3n) is 3.15. The largest absolute Gasteiger partial charge is 0.397 e. The molecule has 6 nitrogen and oxygen atoms in total. The van der Waals surface area contributed by atoms with Crippen LogP contribution in [0.3, 0.4) is 0 Å². The monoisotopic (exact) mass is 361 g/mol. The highest BCUT2D eigenvalue weighted by atomic mass is 79.9. The van der Waals surface area contributed by atoms with E-state index in [1.165, 1.54) is 4.31 Å². The average Bonchev–Trinajstić information content (AvgIpc) is 2.65. The summed E-state index contributed by atoms with van der Waals surface area (Å²) in [4.78, 5) is 11.9. The smallest absolute Gasteiger partial charge is 0.239 e. The van der Waals surface area contributed by atoms with Crippen LogP contribution in [-0.2, 0) is 14.8 Å². The van der Waals surface area contributed by atoms with Crippen LogP contribution < -0.4 is 11.1 Å². The fraction of sp³-hybridized carbons (Fsp3) is 0.417. The van der Waals surface area contributed by atoms with Crippen molar-refractivity contribution in [3.8, 4) is 0 Å². The minimum Gasteiger partial charge on any atom is -0.397 e. The molecule has 1 aromatic rings. The highest BCUT2D eigenvalue weighted by Gasteiger charge is 2.29. The number of amides is 1. The molecular weight excluding hydrogens is 346 g/mol. The van der Waals surface area contributed by atoms with E-state index in [0.717, 1.165) is 10.0 Å². The normalized spacial score (nSPS) is 18.1. The molecule has 0 aliphatic carbocycles. The Labute approximate surface area is 126 Å². The molecule has 1 aliphatic rings. The van der Waals surface area contributed by atoms with Crippen LogP contribution in [0.2, 0.25) is 0 Å². The van der Waals surface area contributed by atoms with Gasteiger partial charge >= 0.3 is 0 Å². The number of carbonyl (C=O) groups excluding carboxylic acids is 1. The molecule has 1 fully saturated rings. The summed E-state index contributed by atoms with van der Waals surface area (Å²) in [7, 11) is -3.27. The zero-order valence-corrected chi connectivity index (χ0v) is 13.4. The van der Waals surface area contributed by atoms with E-state index in [4.69, 9.17) is 5.73 Å². The van der Waals surface area contributed by atoms with Gasteiger partial charge in [0.2, 0.25) is 15.9 Å². The molecule has 20 heavy (non-hydrogen) atoms. The van der Waals surface area contributed by atoms with Crippen LogP contribution in [-0.4, -0.2) is 37.5 Å². The molecule has 1 amide bonds. The van der Waals surface area contributed by atoms with Crippen molar-refractivity contribution in [2.24, 2.45) is 0 Å². The Morgan fingerprint density at radius 2 is 2.20 bits per heavy atom. The lowest BCUT2D eigenvalue weighted by molar-refractivity contribution is -0.116. The standard InChI is InChI=1S/C12H16BrN3O3S/c1-8-5-9(13)6-10(12(8)14)15-11(17)7-16-3-2-4-20(16,18)19/h5-6H,2-4,7,14H2,1H3,(H,15,17). The molecule has 0 bridgehead atoms. The van der Waals surface area contributed by atoms with Crippen molar-refractivity contribution in [2.45, 2.75) is 13.3 Å². The second-order valence-corrected chi connectivity index (χ2v) is 7.74. The van der Waals surface area contributed by atoms with Gasteiger partial charge in [-0.15, -0.1) is 0 Å². The molecule has 0 unspecified atom stereocenters.